The van der Waals surface area contributed by atoms with E-state index in [1.54, 1.807) is 31.4 Å². The van der Waals surface area contributed by atoms with Gasteiger partial charge in [0.05, 0.1) is 25.3 Å². The lowest BCUT2D eigenvalue weighted by Gasteiger charge is -2.35. The highest BCUT2D eigenvalue weighted by Crippen LogP contribution is 2.20. The second kappa shape index (κ2) is 10.1. The molecule has 1 aliphatic heterocycles. The standard InChI is InChI=1S/C23H29N3O4/c1-17(2)30-23(28)18-4-6-19(7-5-18)24-22(27)16-25-12-14-26(15-13-25)20-8-10-21(29-3)11-9-20/h4-11,17H,12-16H2,1-3H3,(H,24,27). The molecule has 0 bridgehead atoms. The first kappa shape index (κ1) is 21.6. The fraction of sp³-hybridized carbons (Fsp3) is 0.391. The Kier molecular flexibility index (Phi) is 7.30. The number of hydrogen-bond donors (Lipinski definition) is 1. The molecule has 0 radical (unpaired) electrons. The monoisotopic (exact) mass is 411 g/mol. The van der Waals surface area contributed by atoms with Gasteiger partial charge in [-0.05, 0) is 62.4 Å². The fourth-order valence-electron chi connectivity index (χ4n) is 3.33. The molecule has 3 rings (SSSR count). The normalized spacial score (nSPS) is 14.5. The van der Waals surface area contributed by atoms with E-state index in [1.807, 2.05) is 26.0 Å². The molecule has 30 heavy (non-hydrogen) atoms. The molecule has 7 nitrogen and oxygen atoms in total. The molecule has 2 aromatic carbocycles. The molecule has 2 aromatic rings. The summed E-state index contributed by atoms with van der Waals surface area (Å²) in [7, 11) is 1.66. The molecular formula is C23H29N3O4. The summed E-state index contributed by atoms with van der Waals surface area (Å²) in [5.41, 5.74) is 2.30. The maximum atomic E-state index is 12.4. The average molecular weight is 412 g/mol. The minimum absolute atomic E-state index is 0.0644. The van der Waals surface area contributed by atoms with Crippen LogP contribution < -0.4 is 15.0 Å². The van der Waals surface area contributed by atoms with E-state index < -0.39 is 0 Å². The van der Waals surface area contributed by atoms with Gasteiger partial charge in [0.15, 0.2) is 0 Å². The molecule has 1 saturated heterocycles. The van der Waals surface area contributed by atoms with Crippen molar-refractivity contribution in [1.82, 2.24) is 4.90 Å². The van der Waals surface area contributed by atoms with Crippen molar-refractivity contribution in [2.75, 3.05) is 50.1 Å². The van der Waals surface area contributed by atoms with Crippen LogP contribution in [-0.2, 0) is 9.53 Å². The summed E-state index contributed by atoms with van der Waals surface area (Å²) in [5.74, 6) is 0.418. The highest BCUT2D eigenvalue weighted by molar-refractivity contribution is 5.94. The fourth-order valence-corrected chi connectivity index (χ4v) is 3.33. The van der Waals surface area contributed by atoms with Crippen molar-refractivity contribution < 1.29 is 19.1 Å². The van der Waals surface area contributed by atoms with Crippen molar-refractivity contribution >= 4 is 23.3 Å². The van der Waals surface area contributed by atoms with Gasteiger partial charge in [0.1, 0.15) is 5.75 Å². The van der Waals surface area contributed by atoms with Gasteiger partial charge in [-0.3, -0.25) is 9.69 Å². The smallest absolute Gasteiger partial charge is 0.338 e. The summed E-state index contributed by atoms with van der Waals surface area (Å²) in [6, 6.07) is 14.8. The van der Waals surface area contributed by atoms with Gasteiger partial charge in [0.2, 0.25) is 5.91 Å². The van der Waals surface area contributed by atoms with Crippen LogP contribution in [0, 0.1) is 0 Å². The summed E-state index contributed by atoms with van der Waals surface area (Å²) < 4.78 is 10.4. The van der Waals surface area contributed by atoms with Crippen molar-refractivity contribution in [3.8, 4) is 5.75 Å². The third-order valence-corrected chi connectivity index (χ3v) is 4.92. The Morgan fingerprint density at radius 3 is 2.17 bits per heavy atom. The Bertz CT molecular complexity index is 842. The summed E-state index contributed by atoms with van der Waals surface area (Å²) >= 11 is 0. The van der Waals surface area contributed by atoms with Crippen LogP contribution in [0.25, 0.3) is 0 Å². The van der Waals surface area contributed by atoms with Crippen LogP contribution in [0.4, 0.5) is 11.4 Å². The Morgan fingerprint density at radius 1 is 0.967 bits per heavy atom. The van der Waals surface area contributed by atoms with Crippen LogP contribution >= 0.6 is 0 Å². The second-order valence-corrected chi connectivity index (χ2v) is 7.54. The van der Waals surface area contributed by atoms with E-state index in [0.29, 0.717) is 17.8 Å². The molecule has 0 spiro atoms. The summed E-state index contributed by atoms with van der Waals surface area (Å²) in [5, 5.41) is 2.89. The quantitative estimate of drug-likeness (QED) is 0.707. The molecule has 0 aromatic heterocycles. The van der Waals surface area contributed by atoms with Crippen molar-refractivity contribution in [3.05, 3.63) is 54.1 Å². The zero-order valence-corrected chi connectivity index (χ0v) is 17.8. The van der Waals surface area contributed by atoms with Gasteiger partial charge in [0.25, 0.3) is 0 Å². The minimum atomic E-state index is -0.363. The third-order valence-electron chi connectivity index (χ3n) is 4.92. The largest absolute Gasteiger partial charge is 0.497 e. The Hall–Kier alpha value is -3.06. The summed E-state index contributed by atoms with van der Waals surface area (Å²) in [6.45, 7) is 7.33. The van der Waals surface area contributed by atoms with Gasteiger partial charge in [-0.2, -0.15) is 0 Å². The van der Waals surface area contributed by atoms with E-state index in [0.717, 1.165) is 37.6 Å². The van der Waals surface area contributed by atoms with Crippen molar-refractivity contribution in [2.24, 2.45) is 0 Å². The Labute approximate surface area is 177 Å². The maximum absolute atomic E-state index is 12.4. The van der Waals surface area contributed by atoms with Gasteiger partial charge in [-0.25, -0.2) is 4.79 Å². The average Bonchev–Trinajstić information content (AvgIpc) is 2.74. The first-order valence-corrected chi connectivity index (χ1v) is 10.2. The summed E-state index contributed by atoms with van der Waals surface area (Å²) in [4.78, 5) is 28.7. The lowest BCUT2D eigenvalue weighted by Crippen LogP contribution is -2.48. The number of methoxy groups -OCH3 is 1. The number of carbonyl (C=O) groups excluding carboxylic acids is 2. The molecule has 0 unspecified atom stereocenters. The number of piperazine rings is 1. The van der Waals surface area contributed by atoms with Crippen molar-refractivity contribution in [1.29, 1.82) is 0 Å². The lowest BCUT2D eigenvalue weighted by atomic mass is 10.2. The van der Waals surface area contributed by atoms with Crippen LogP contribution in [0.1, 0.15) is 24.2 Å². The molecule has 160 valence electrons. The van der Waals surface area contributed by atoms with Crippen LogP contribution in [0.5, 0.6) is 5.75 Å². The van der Waals surface area contributed by atoms with Gasteiger partial charge in [0, 0.05) is 37.6 Å². The lowest BCUT2D eigenvalue weighted by molar-refractivity contribution is -0.117. The van der Waals surface area contributed by atoms with E-state index in [9.17, 15) is 9.59 Å². The highest BCUT2D eigenvalue weighted by atomic mass is 16.5. The Morgan fingerprint density at radius 2 is 1.60 bits per heavy atom. The number of ether oxygens (including phenoxy) is 2. The maximum Gasteiger partial charge on any atom is 0.338 e. The molecule has 1 aliphatic rings. The predicted molar refractivity (Wildman–Crippen MR) is 117 cm³/mol. The predicted octanol–water partition coefficient (Wildman–Crippen LogP) is 3.02. The molecule has 0 saturated carbocycles. The van der Waals surface area contributed by atoms with Crippen LogP contribution in [0.15, 0.2) is 48.5 Å². The number of nitrogens with zero attached hydrogens (tertiary/aromatic N) is 2. The molecule has 1 amide bonds. The Balaban J connectivity index is 1.45. The number of benzene rings is 2. The third kappa shape index (κ3) is 5.97. The van der Waals surface area contributed by atoms with Gasteiger partial charge in [-0.1, -0.05) is 0 Å². The van der Waals surface area contributed by atoms with E-state index in [-0.39, 0.29) is 18.0 Å². The van der Waals surface area contributed by atoms with Gasteiger partial charge in [-0.15, -0.1) is 0 Å². The number of carbonyl (C=O) groups is 2. The molecule has 0 atom stereocenters. The molecule has 1 heterocycles. The number of nitrogens with one attached hydrogen (secondary N) is 1. The zero-order chi connectivity index (χ0) is 21.5. The first-order valence-electron chi connectivity index (χ1n) is 10.2. The molecule has 0 aliphatic carbocycles. The van der Waals surface area contributed by atoms with Crippen LogP contribution in [0.3, 0.4) is 0 Å². The van der Waals surface area contributed by atoms with Crippen molar-refractivity contribution in [3.63, 3.8) is 0 Å². The second-order valence-electron chi connectivity index (χ2n) is 7.54. The number of anilines is 2. The SMILES string of the molecule is COc1ccc(N2CCN(CC(=O)Nc3ccc(C(=O)OC(C)C)cc3)CC2)cc1. The van der Waals surface area contributed by atoms with Crippen LogP contribution in [-0.4, -0.2) is 62.7 Å². The summed E-state index contributed by atoms with van der Waals surface area (Å²) in [6.07, 6.45) is -0.165. The van der Waals surface area contributed by atoms with E-state index in [1.165, 1.54) is 0 Å². The minimum Gasteiger partial charge on any atom is -0.497 e. The van der Waals surface area contributed by atoms with E-state index in [2.05, 4.69) is 27.2 Å². The number of hydrogen-bond acceptors (Lipinski definition) is 6. The number of esters is 1. The molecule has 1 fully saturated rings. The van der Waals surface area contributed by atoms with E-state index >= 15 is 0 Å². The first-order chi connectivity index (χ1) is 14.4. The zero-order valence-electron chi connectivity index (χ0n) is 17.8. The molecule has 7 heteroatoms. The highest BCUT2D eigenvalue weighted by Gasteiger charge is 2.19. The number of amides is 1. The van der Waals surface area contributed by atoms with Gasteiger partial charge >= 0.3 is 5.97 Å². The van der Waals surface area contributed by atoms with E-state index in [4.69, 9.17) is 9.47 Å². The molecule has 1 N–H and O–H groups in total. The van der Waals surface area contributed by atoms with Crippen molar-refractivity contribution in [2.45, 2.75) is 20.0 Å². The number of rotatable bonds is 7. The van der Waals surface area contributed by atoms with Crippen LogP contribution in [0.2, 0.25) is 0 Å². The topological polar surface area (TPSA) is 71.1 Å². The molecular weight excluding hydrogens is 382 g/mol. The van der Waals surface area contributed by atoms with Gasteiger partial charge < -0.3 is 19.7 Å².